The van der Waals surface area contributed by atoms with Crippen molar-refractivity contribution in [3.63, 3.8) is 0 Å². The molecule has 116 valence electrons. The van der Waals surface area contributed by atoms with Gasteiger partial charge in [-0.1, -0.05) is 0 Å². The maximum absolute atomic E-state index is 12.1. The van der Waals surface area contributed by atoms with Crippen molar-refractivity contribution in [3.05, 3.63) is 18.7 Å². The van der Waals surface area contributed by atoms with E-state index in [4.69, 9.17) is 4.74 Å². The van der Waals surface area contributed by atoms with Crippen LogP contribution in [0.1, 0.15) is 27.2 Å². The summed E-state index contributed by atoms with van der Waals surface area (Å²) < 4.78 is 7.01. The zero-order valence-electron chi connectivity index (χ0n) is 12.8. The highest BCUT2D eigenvalue weighted by atomic mass is 16.6. The maximum Gasteiger partial charge on any atom is 0.407 e. The third-order valence-corrected chi connectivity index (χ3v) is 3.18. The second-order valence-electron chi connectivity index (χ2n) is 6.26. The van der Waals surface area contributed by atoms with Crippen LogP contribution in [0.25, 0.3) is 0 Å². The first-order chi connectivity index (χ1) is 9.83. The number of ether oxygens (including phenoxy) is 1. The van der Waals surface area contributed by atoms with E-state index in [1.54, 1.807) is 22.0 Å². The van der Waals surface area contributed by atoms with Gasteiger partial charge in [0.05, 0.1) is 6.04 Å². The second kappa shape index (κ2) is 6.15. The number of amides is 2. The lowest BCUT2D eigenvalue weighted by atomic mass is 10.2. The van der Waals surface area contributed by atoms with Crippen molar-refractivity contribution >= 4 is 12.0 Å². The van der Waals surface area contributed by atoms with Crippen LogP contribution >= 0.6 is 0 Å². The highest BCUT2D eigenvalue weighted by Crippen LogP contribution is 2.11. The summed E-state index contributed by atoms with van der Waals surface area (Å²) in [5.41, 5.74) is -0.511. The lowest BCUT2D eigenvalue weighted by molar-refractivity contribution is -0.683. The summed E-state index contributed by atoms with van der Waals surface area (Å²) in [5, 5.41) is 2.81. The van der Waals surface area contributed by atoms with Crippen LogP contribution in [0.5, 0.6) is 0 Å². The SMILES string of the molecule is CC(C)(C)OC(=O)NC1CCN(C(=O)C[n+]2cc[nH]c2)C1. The molecule has 1 aromatic rings. The Bertz CT molecular complexity index is 493. The molecule has 0 spiro atoms. The molecule has 0 aromatic carbocycles. The van der Waals surface area contributed by atoms with Gasteiger partial charge in [0.2, 0.25) is 6.33 Å². The summed E-state index contributed by atoms with van der Waals surface area (Å²) in [6.45, 7) is 6.97. The summed E-state index contributed by atoms with van der Waals surface area (Å²) >= 11 is 0. The molecule has 1 saturated heterocycles. The van der Waals surface area contributed by atoms with Crippen molar-refractivity contribution in [2.45, 2.75) is 45.4 Å². The number of carbonyl (C=O) groups is 2. The Labute approximate surface area is 124 Å². The Kier molecular flexibility index (Phi) is 4.50. The minimum atomic E-state index is -0.511. The number of nitrogens with zero attached hydrogens (tertiary/aromatic N) is 2. The minimum absolute atomic E-state index is 0.0416. The predicted molar refractivity (Wildman–Crippen MR) is 75.3 cm³/mol. The molecule has 1 aromatic heterocycles. The Morgan fingerprint density at radius 3 is 2.86 bits per heavy atom. The standard InChI is InChI=1S/C14H22N4O3/c1-14(2,3)21-13(20)16-11-4-6-18(8-11)12(19)9-17-7-5-15-10-17/h5,7,10-11H,4,6,8-9H2,1-3H3,(H,16,20)/p+1. The van der Waals surface area contributed by atoms with E-state index >= 15 is 0 Å². The Morgan fingerprint density at radius 1 is 1.48 bits per heavy atom. The van der Waals surface area contributed by atoms with Crippen LogP contribution in [0.2, 0.25) is 0 Å². The lowest BCUT2D eigenvalue weighted by Gasteiger charge is -2.22. The summed E-state index contributed by atoms with van der Waals surface area (Å²) in [4.78, 5) is 28.5. The van der Waals surface area contributed by atoms with Gasteiger partial charge in [-0.3, -0.25) is 9.78 Å². The van der Waals surface area contributed by atoms with Crippen LogP contribution in [0.3, 0.4) is 0 Å². The van der Waals surface area contributed by atoms with E-state index in [1.807, 2.05) is 27.0 Å². The summed E-state index contributed by atoms with van der Waals surface area (Å²) in [7, 11) is 0. The number of H-pyrrole nitrogens is 1. The van der Waals surface area contributed by atoms with Crippen LogP contribution in [-0.2, 0) is 16.1 Å². The van der Waals surface area contributed by atoms with Crippen molar-refractivity contribution in [3.8, 4) is 0 Å². The molecule has 2 heterocycles. The largest absolute Gasteiger partial charge is 0.444 e. The van der Waals surface area contributed by atoms with E-state index < -0.39 is 11.7 Å². The van der Waals surface area contributed by atoms with Gasteiger partial charge >= 0.3 is 6.09 Å². The molecule has 1 aliphatic rings. The zero-order chi connectivity index (χ0) is 15.5. The van der Waals surface area contributed by atoms with Gasteiger partial charge in [-0.25, -0.2) is 9.36 Å². The molecular formula is C14H23N4O3+. The van der Waals surface area contributed by atoms with Gasteiger partial charge < -0.3 is 15.0 Å². The Morgan fingerprint density at radius 2 is 2.24 bits per heavy atom. The molecule has 21 heavy (non-hydrogen) atoms. The quantitative estimate of drug-likeness (QED) is 0.794. The number of aromatic amines is 1. The average molecular weight is 295 g/mol. The highest BCUT2D eigenvalue weighted by Gasteiger charge is 2.29. The average Bonchev–Trinajstić information content (AvgIpc) is 2.97. The number of nitrogens with one attached hydrogen (secondary N) is 2. The summed E-state index contributed by atoms with van der Waals surface area (Å²) in [6, 6.07) is -0.0416. The molecule has 1 aliphatic heterocycles. The first-order valence-electron chi connectivity index (χ1n) is 7.12. The minimum Gasteiger partial charge on any atom is -0.444 e. The summed E-state index contributed by atoms with van der Waals surface area (Å²) in [6.07, 6.45) is 5.64. The van der Waals surface area contributed by atoms with E-state index in [0.717, 1.165) is 6.42 Å². The molecule has 2 amide bonds. The topological polar surface area (TPSA) is 78.3 Å². The van der Waals surface area contributed by atoms with E-state index in [0.29, 0.717) is 19.6 Å². The predicted octanol–water partition coefficient (Wildman–Crippen LogP) is 0.428. The molecule has 0 saturated carbocycles. The van der Waals surface area contributed by atoms with Crippen molar-refractivity contribution in [1.82, 2.24) is 15.2 Å². The maximum atomic E-state index is 12.1. The van der Waals surface area contributed by atoms with Gasteiger partial charge in [0.25, 0.3) is 5.91 Å². The van der Waals surface area contributed by atoms with Crippen molar-refractivity contribution in [2.24, 2.45) is 0 Å². The van der Waals surface area contributed by atoms with Gasteiger partial charge in [0.15, 0.2) is 6.54 Å². The number of rotatable bonds is 3. The monoisotopic (exact) mass is 295 g/mol. The van der Waals surface area contributed by atoms with Gasteiger partial charge in [-0.15, -0.1) is 0 Å². The van der Waals surface area contributed by atoms with Crippen molar-refractivity contribution < 1.29 is 18.9 Å². The molecule has 1 fully saturated rings. The van der Waals surface area contributed by atoms with Crippen LogP contribution < -0.4 is 9.88 Å². The number of hydrogen-bond acceptors (Lipinski definition) is 3. The zero-order valence-corrected chi connectivity index (χ0v) is 12.8. The Hall–Kier alpha value is -2.05. The molecule has 0 radical (unpaired) electrons. The normalized spacial score (nSPS) is 18.6. The number of imidazole rings is 1. The lowest BCUT2D eigenvalue weighted by Crippen LogP contribution is -2.45. The second-order valence-corrected chi connectivity index (χ2v) is 6.26. The van der Waals surface area contributed by atoms with Crippen LogP contribution in [-0.4, -0.2) is 46.6 Å². The molecule has 2 rings (SSSR count). The van der Waals surface area contributed by atoms with Crippen molar-refractivity contribution in [2.75, 3.05) is 13.1 Å². The molecule has 1 unspecified atom stereocenters. The van der Waals surface area contributed by atoms with Gasteiger partial charge in [-0.05, 0) is 27.2 Å². The first kappa shape index (κ1) is 15.3. The molecule has 0 aliphatic carbocycles. The number of likely N-dealkylation sites (tertiary alicyclic amines) is 1. The third kappa shape index (κ3) is 4.77. The van der Waals surface area contributed by atoms with Gasteiger partial charge in [0.1, 0.15) is 18.0 Å². The first-order valence-corrected chi connectivity index (χ1v) is 7.12. The summed E-state index contributed by atoms with van der Waals surface area (Å²) in [5.74, 6) is 0.0492. The van der Waals surface area contributed by atoms with E-state index in [2.05, 4.69) is 10.3 Å². The molecule has 0 bridgehead atoms. The van der Waals surface area contributed by atoms with E-state index in [-0.39, 0.29) is 11.9 Å². The van der Waals surface area contributed by atoms with Crippen LogP contribution in [0, 0.1) is 0 Å². The fourth-order valence-corrected chi connectivity index (χ4v) is 2.25. The van der Waals surface area contributed by atoms with Crippen LogP contribution in [0.15, 0.2) is 18.7 Å². The number of hydrogen-bond donors (Lipinski definition) is 2. The van der Waals surface area contributed by atoms with E-state index in [9.17, 15) is 9.59 Å². The number of carbonyl (C=O) groups excluding carboxylic acids is 2. The number of alkyl carbamates (subject to hydrolysis) is 1. The molecule has 7 nitrogen and oxygen atoms in total. The highest BCUT2D eigenvalue weighted by molar-refractivity contribution is 5.75. The Balaban J connectivity index is 1.78. The fraction of sp³-hybridized carbons (Fsp3) is 0.643. The molecule has 1 atom stereocenters. The smallest absolute Gasteiger partial charge is 0.407 e. The number of aromatic nitrogens is 2. The van der Waals surface area contributed by atoms with Crippen molar-refractivity contribution in [1.29, 1.82) is 0 Å². The molecule has 2 N–H and O–H groups in total. The van der Waals surface area contributed by atoms with Gasteiger partial charge in [0, 0.05) is 13.1 Å². The van der Waals surface area contributed by atoms with Gasteiger partial charge in [-0.2, -0.15) is 0 Å². The van der Waals surface area contributed by atoms with E-state index in [1.165, 1.54) is 0 Å². The fourth-order valence-electron chi connectivity index (χ4n) is 2.25. The molecular weight excluding hydrogens is 272 g/mol. The third-order valence-electron chi connectivity index (χ3n) is 3.18. The molecule has 7 heteroatoms. The van der Waals surface area contributed by atoms with Crippen LogP contribution in [0.4, 0.5) is 4.79 Å².